The predicted octanol–water partition coefficient (Wildman–Crippen LogP) is 5.42. The molecule has 0 heterocycles. The van der Waals surface area contributed by atoms with Crippen molar-refractivity contribution in [1.29, 1.82) is 0 Å². The fourth-order valence-electron chi connectivity index (χ4n) is 1.10. The summed E-state index contributed by atoms with van der Waals surface area (Å²) in [7, 11) is 0. The molecule has 13 heavy (non-hydrogen) atoms. The van der Waals surface area contributed by atoms with E-state index >= 15 is 0 Å². The van der Waals surface area contributed by atoms with E-state index in [-0.39, 0.29) is 5.92 Å². The molecule has 0 aromatic heterocycles. The van der Waals surface area contributed by atoms with Crippen molar-refractivity contribution < 1.29 is 0 Å². The Kier molecular flexibility index (Phi) is 3.76. The standard InChI is InChI=1S/C9H8Cl4/c1-4(2)7-8(12)5(10)3-6(11)9(7)13/h3-4H,1-2H3. The third kappa shape index (κ3) is 2.24. The van der Waals surface area contributed by atoms with Gasteiger partial charge in [0.25, 0.3) is 0 Å². The van der Waals surface area contributed by atoms with Crippen LogP contribution >= 0.6 is 46.4 Å². The van der Waals surface area contributed by atoms with Crippen molar-refractivity contribution in [3.8, 4) is 0 Å². The van der Waals surface area contributed by atoms with Crippen molar-refractivity contribution in [3.63, 3.8) is 0 Å². The Morgan fingerprint density at radius 3 is 1.62 bits per heavy atom. The molecule has 1 aromatic carbocycles. The molecule has 1 rings (SSSR count). The Morgan fingerprint density at radius 1 is 0.923 bits per heavy atom. The number of benzene rings is 1. The minimum Gasteiger partial charge on any atom is -0.0826 e. The molecule has 4 heteroatoms. The smallest absolute Gasteiger partial charge is 0.0642 e. The summed E-state index contributed by atoms with van der Waals surface area (Å²) in [6.07, 6.45) is 0. The number of hydrogen-bond donors (Lipinski definition) is 0. The van der Waals surface area contributed by atoms with Crippen LogP contribution in [-0.2, 0) is 0 Å². The fourth-order valence-corrected chi connectivity index (χ4v) is 2.36. The molecule has 0 aliphatic heterocycles. The van der Waals surface area contributed by atoms with Crippen molar-refractivity contribution in [2.24, 2.45) is 0 Å². The zero-order chi connectivity index (χ0) is 10.2. The molecule has 0 nitrogen and oxygen atoms in total. The van der Waals surface area contributed by atoms with Crippen LogP contribution in [0.1, 0.15) is 25.3 Å². The van der Waals surface area contributed by atoms with Gasteiger partial charge in [0.15, 0.2) is 0 Å². The third-order valence-corrected chi connectivity index (χ3v) is 3.33. The van der Waals surface area contributed by atoms with Gasteiger partial charge in [0, 0.05) is 0 Å². The normalized spacial score (nSPS) is 11.0. The van der Waals surface area contributed by atoms with Crippen LogP contribution in [0.4, 0.5) is 0 Å². The summed E-state index contributed by atoms with van der Waals surface area (Å²) in [6.45, 7) is 3.97. The first kappa shape index (κ1) is 11.5. The molecular weight excluding hydrogens is 250 g/mol. The van der Waals surface area contributed by atoms with Gasteiger partial charge >= 0.3 is 0 Å². The minimum atomic E-state index is 0.205. The van der Waals surface area contributed by atoms with Crippen molar-refractivity contribution in [1.82, 2.24) is 0 Å². The summed E-state index contributed by atoms with van der Waals surface area (Å²) in [4.78, 5) is 0. The molecule has 0 bridgehead atoms. The van der Waals surface area contributed by atoms with Crippen LogP contribution in [0.3, 0.4) is 0 Å². The molecule has 0 amide bonds. The lowest BCUT2D eigenvalue weighted by molar-refractivity contribution is 0.867. The zero-order valence-electron chi connectivity index (χ0n) is 7.17. The van der Waals surface area contributed by atoms with Gasteiger partial charge in [0.05, 0.1) is 20.1 Å². The molecule has 0 spiro atoms. The Balaban J connectivity index is 3.46. The van der Waals surface area contributed by atoms with E-state index in [4.69, 9.17) is 46.4 Å². The van der Waals surface area contributed by atoms with Crippen LogP contribution in [0.25, 0.3) is 0 Å². The Morgan fingerprint density at radius 2 is 1.31 bits per heavy atom. The lowest BCUT2D eigenvalue weighted by Gasteiger charge is -2.12. The molecule has 0 unspecified atom stereocenters. The van der Waals surface area contributed by atoms with E-state index in [1.165, 1.54) is 0 Å². The third-order valence-electron chi connectivity index (χ3n) is 1.72. The van der Waals surface area contributed by atoms with Gasteiger partial charge in [-0.05, 0) is 17.5 Å². The highest BCUT2D eigenvalue weighted by Gasteiger charge is 2.15. The first-order chi connectivity index (χ1) is 5.95. The highest BCUT2D eigenvalue weighted by molar-refractivity contribution is 6.48. The van der Waals surface area contributed by atoms with Crippen molar-refractivity contribution >= 4 is 46.4 Å². The topological polar surface area (TPSA) is 0 Å². The Hall–Kier alpha value is 0.380. The molecular formula is C9H8Cl4. The maximum Gasteiger partial charge on any atom is 0.0642 e. The largest absolute Gasteiger partial charge is 0.0826 e. The average Bonchev–Trinajstić information content (AvgIpc) is 2.01. The van der Waals surface area contributed by atoms with Gasteiger partial charge in [-0.2, -0.15) is 0 Å². The number of rotatable bonds is 1. The lowest BCUT2D eigenvalue weighted by atomic mass is 10.0. The van der Waals surface area contributed by atoms with E-state index in [1.807, 2.05) is 13.8 Å². The minimum absolute atomic E-state index is 0.205. The summed E-state index contributed by atoms with van der Waals surface area (Å²) in [5.74, 6) is 0.205. The maximum absolute atomic E-state index is 5.99. The molecule has 1 aromatic rings. The van der Waals surface area contributed by atoms with E-state index in [2.05, 4.69) is 0 Å². The maximum atomic E-state index is 5.99. The van der Waals surface area contributed by atoms with Crippen LogP contribution in [0.5, 0.6) is 0 Å². The zero-order valence-corrected chi connectivity index (χ0v) is 10.2. The quantitative estimate of drug-likeness (QED) is 0.589. The van der Waals surface area contributed by atoms with Crippen molar-refractivity contribution in [2.75, 3.05) is 0 Å². The fraction of sp³-hybridized carbons (Fsp3) is 0.333. The van der Waals surface area contributed by atoms with Gasteiger partial charge in [-0.1, -0.05) is 60.3 Å². The van der Waals surface area contributed by atoms with E-state index in [1.54, 1.807) is 6.07 Å². The first-order valence-electron chi connectivity index (χ1n) is 3.78. The average molecular weight is 258 g/mol. The summed E-state index contributed by atoms with van der Waals surface area (Å²) < 4.78 is 0. The second kappa shape index (κ2) is 4.27. The van der Waals surface area contributed by atoms with Crippen LogP contribution in [0.15, 0.2) is 6.07 Å². The molecule has 0 N–H and O–H groups in total. The SMILES string of the molecule is CC(C)c1c(Cl)c(Cl)cc(Cl)c1Cl. The highest BCUT2D eigenvalue weighted by atomic mass is 35.5. The molecule has 0 atom stereocenters. The van der Waals surface area contributed by atoms with E-state index in [0.29, 0.717) is 20.1 Å². The molecule has 72 valence electrons. The molecule has 0 fully saturated rings. The molecule has 0 saturated heterocycles. The van der Waals surface area contributed by atoms with Crippen LogP contribution in [-0.4, -0.2) is 0 Å². The van der Waals surface area contributed by atoms with E-state index in [0.717, 1.165) is 5.56 Å². The van der Waals surface area contributed by atoms with E-state index in [9.17, 15) is 0 Å². The van der Waals surface area contributed by atoms with Crippen LogP contribution < -0.4 is 0 Å². The summed E-state index contributed by atoms with van der Waals surface area (Å²) in [5, 5.41) is 1.87. The van der Waals surface area contributed by atoms with Crippen LogP contribution in [0, 0.1) is 0 Å². The van der Waals surface area contributed by atoms with Gasteiger partial charge in [0.1, 0.15) is 0 Å². The van der Waals surface area contributed by atoms with Gasteiger partial charge in [-0.15, -0.1) is 0 Å². The van der Waals surface area contributed by atoms with E-state index < -0.39 is 0 Å². The second-order valence-electron chi connectivity index (χ2n) is 3.04. The molecule has 0 aliphatic rings. The summed E-state index contributed by atoms with van der Waals surface area (Å²) in [5.41, 5.74) is 0.806. The molecule has 0 radical (unpaired) electrons. The van der Waals surface area contributed by atoms with Crippen molar-refractivity contribution in [2.45, 2.75) is 19.8 Å². The van der Waals surface area contributed by atoms with Gasteiger partial charge < -0.3 is 0 Å². The summed E-state index contributed by atoms with van der Waals surface area (Å²) >= 11 is 23.7. The van der Waals surface area contributed by atoms with Gasteiger partial charge in [-0.3, -0.25) is 0 Å². The highest BCUT2D eigenvalue weighted by Crippen LogP contribution is 2.40. The first-order valence-corrected chi connectivity index (χ1v) is 5.29. The number of hydrogen-bond acceptors (Lipinski definition) is 0. The monoisotopic (exact) mass is 256 g/mol. The van der Waals surface area contributed by atoms with Gasteiger partial charge in [-0.25, -0.2) is 0 Å². The van der Waals surface area contributed by atoms with Gasteiger partial charge in [0.2, 0.25) is 0 Å². The Labute approximate surface area is 97.7 Å². The number of halogens is 4. The lowest BCUT2D eigenvalue weighted by Crippen LogP contribution is -1.92. The van der Waals surface area contributed by atoms with Crippen molar-refractivity contribution in [3.05, 3.63) is 31.7 Å². The molecule has 0 aliphatic carbocycles. The predicted molar refractivity (Wildman–Crippen MR) is 60.6 cm³/mol. The summed E-state index contributed by atoms with van der Waals surface area (Å²) in [6, 6.07) is 1.56. The Bertz CT molecular complexity index is 305. The van der Waals surface area contributed by atoms with Crippen LogP contribution in [0.2, 0.25) is 20.1 Å². The second-order valence-corrected chi connectivity index (χ2v) is 4.61. The molecule has 0 saturated carbocycles.